The molecule has 0 atom stereocenters. The van der Waals surface area contributed by atoms with Gasteiger partial charge in [0, 0.05) is 37.6 Å². The van der Waals surface area contributed by atoms with Crippen LogP contribution in [0.15, 0.2) is 205 Å². The van der Waals surface area contributed by atoms with E-state index in [1.54, 1.807) is 0 Å². The first kappa shape index (κ1) is 31.6. The largest absolute Gasteiger partial charge is 0.456 e. The molecular formula is C52H33NOS. The smallest absolute Gasteiger partial charge is 0.136 e. The van der Waals surface area contributed by atoms with Crippen molar-refractivity contribution in [1.29, 1.82) is 0 Å². The molecule has 0 amide bonds. The third-order valence-corrected chi connectivity index (χ3v) is 12.2. The van der Waals surface area contributed by atoms with E-state index in [4.69, 9.17) is 4.42 Å². The predicted molar refractivity (Wildman–Crippen MR) is 235 cm³/mol. The fraction of sp³-hybridized carbons (Fsp3) is 0. The van der Waals surface area contributed by atoms with Crippen molar-refractivity contribution in [3.8, 4) is 33.4 Å². The third-order valence-electron chi connectivity index (χ3n) is 10.9. The van der Waals surface area contributed by atoms with Crippen LogP contribution in [0.5, 0.6) is 0 Å². The summed E-state index contributed by atoms with van der Waals surface area (Å²) in [5.41, 5.74) is 12.4. The summed E-state index contributed by atoms with van der Waals surface area (Å²) in [7, 11) is 0. The Morgan fingerprint density at radius 2 is 0.927 bits per heavy atom. The van der Waals surface area contributed by atoms with Crippen molar-refractivity contribution in [2.45, 2.75) is 0 Å². The van der Waals surface area contributed by atoms with Crippen LogP contribution in [-0.2, 0) is 0 Å². The number of rotatable bonds is 6. The number of furan rings is 1. The average Bonchev–Trinajstić information content (AvgIpc) is 3.83. The van der Waals surface area contributed by atoms with Crippen molar-refractivity contribution in [3.05, 3.63) is 200 Å². The summed E-state index contributed by atoms with van der Waals surface area (Å²) in [6.45, 7) is 0. The molecule has 2 nitrogen and oxygen atoms in total. The second-order valence-corrected chi connectivity index (χ2v) is 15.1. The number of anilines is 3. The molecule has 0 spiro atoms. The van der Waals surface area contributed by atoms with E-state index in [-0.39, 0.29) is 0 Å². The van der Waals surface area contributed by atoms with Gasteiger partial charge in [0.05, 0.1) is 10.4 Å². The Labute approximate surface area is 322 Å². The molecule has 0 aliphatic rings. The predicted octanol–water partition coefficient (Wildman–Crippen LogP) is 15.6. The van der Waals surface area contributed by atoms with Crippen molar-refractivity contribution < 1.29 is 4.42 Å². The number of fused-ring (bicyclic) bond motifs is 7. The molecule has 0 fully saturated rings. The molecule has 2 aromatic heterocycles. The first-order valence-corrected chi connectivity index (χ1v) is 19.5. The van der Waals surface area contributed by atoms with Gasteiger partial charge in [-0.05, 0) is 98.8 Å². The highest BCUT2D eigenvalue weighted by Crippen LogP contribution is 2.47. The summed E-state index contributed by atoms with van der Waals surface area (Å²) < 4.78 is 8.82. The van der Waals surface area contributed by atoms with E-state index in [0.717, 1.165) is 50.1 Å². The standard InChI is InChI=1S/C52H33NOS/c1-2-11-37(12-3-1)43-15-8-16-46-47-17-9-18-48(52(47)55-51(43)46)53(41-27-22-35(23-28-41)39-21-20-34-10-4-5-13-38(34)32-39)42-29-24-36(25-30-42)40-26-31-45-44-14-6-7-19-49(44)54-50(45)33-40/h1-33H. The van der Waals surface area contributed by atoms with Crippen LogP contribution in [0.3, 0.4) is 0 Å². The van der Waals surface area contributed by atoms with Crippen molar-refractivity contribution in [3.63, 3.8) is 0 Å². The number of nitrogens with zero attached hydrogens (tertiary/aromatic N) is 1. The Morgan fingerprint density at radius 1 is 0.345 bits per heavy atom. The zero-order valence-electron chi connectivity index (χ0n) is 29.8. The van der Waals surface area contributed by atoms with Crippen LogP contribution in [-0.4, -0.2) is 0 Å². The maximum Gasteiger partial charge on any atom is 0.136 e. The van der Waals surface area contributed by atoms with Gasteiger partial charge in [0.25, 0.3) is 0 Å². The van der Waals surface area contributed by atoms with E-state index in [2.05, 4.69) is 193 Å². The van der Waals surface area contributed by atoms with Crippen LogP contribution in [0.4, 0.5) is 17.1 Å². The lowest BCUT2D eigenvalue weighted by atomic mass is 10.0. The lowest BCUT2D eigenvalue weighted by molar-refractivity contribution is 0.669. The number of benzene rings is 9. The van der Waals surface area contributed by atoms with E-state index in [1.165, 1.54) is 53.2 Å². The molecular weight excluding hydrogens is 687 g/mol. The van der Waals surface area contributed by atoms with E-state index in [9.17, 15) is 0 Å². The topological polar surface area (TPSA) is 16.4 Å². The molecule has 0 N–H and O–H groups in total. The van der Waals surface area contributed by atoms with E-state index in [0.29, 0.717) is 0 Å². The third kappa shape index (κ3) is 5.40. The summed E-state index contributed by atoms with van der Waals surface area (Å²) in [6.07, 6.45) is 0. The second-order valence-electron chi connectivity index (χ2n) is 14.1. The molecule has 3 heteroatoms. The Kier molecular flexibility index (Phi) is 7.39. The lowest BCUT2D eigenvalue weighted by Crippen LogP contribution is -2.10. The first-order chi connectivity index (χ1) is 27.2. The molecule has 0 aliphatic carbocycles. The van der Waals surface area contributed by atoms with Crippen LogP contribution in [0, 0.1) is 0 Å². The minimum absolute atomic E-state index is 0.905. The van der Waals surface area contributed by atoms with Gasteiger partial charge in [-0.2, -0.15) is 0 Å². The van der Waals surface area contributed by atoms with Gasteiger partial charge in [-0.15, -0.1) is 11.3 Å². The molecule has 0 saturated heterocycles. The molecule has 0 unspecified atom stereocenters. The molecule has 9 aromatic carbocycles. The minimum Gasteiger partial charge on any atom is -0.456 e. The van der Waals surface area contributed by atoms with E-state index >= 15 is 0 Å². The van der Waals surface area contributed by atoms with Gasteiger partial charge in [0.1, 0.15) is 11.2 Å². The molecule has 0 bridgehead atoms. The van der Waals surface area contributed by atoms with Crippen molar-refractivity contribution in [1.82, 2.24) is 0 Å². The van der Waals surface area contributed by atoms with Crippen molar-refractivity contribution in [2.24, 2.45) is 0 Å². The molecule has 0 saturated carbocycles. The lowest BCUT2D eigenvalue weighted by Gasteiger charge is -2.26. The molecule has 55 heavy (non-hydrogen) atoms. The fourth-order valence-corrected chi connectivity index (χ4v) is 9.47. The summed E-state index contributed by atoms with van der Waals surface area (Å²) in [5.74, 6) is 0. The summed E-state index contributed by atoms with van der Waals surface area (Å²) >= 11 is 1.88. The van der Waals surface area contributed by atoms with Crippen LogP contribution in [0.1, 0.15) is 0 Å². The fourth-order valence-electron chi connectivity index (χ4n) is 8.13. The SMILES string of the molecule is c1ccc(-c2cccc3c2sc2c(N(c4ccc(-c5ccc6ccccc6c5)cc4)c4ccc(-c5ccc6c(c5)oc5ccccc56)cc4)cccc23)cc1. The van der Waals surface area contributed by atoms with Gasteiger partial charge in [0.15, 0.2) is 0 Å². The summed E-state index contributed by atoms with van der Waals surface area (Å²) in [5, 5.41) is 7.34. The number of hydrogen-bond donors (Lipinski definition) is 0. The van der Waals surface area contributed by atoms with Crippen LogP contribution in [0.25, 0.3) is 86.3 Å². The van der Waals surface area contributed by atoms with E-state index in [1.807, 2.05) is 23.5 Å². The Balaban J connectivity index is 1.05. The van der Waals surface area contributed by atoms with Crippen molar-refractivity contribution >= 4 is 81.3 Å². The number of hydrogen-bond acceptors (Lipinski definition) is 3. The first-order valence-electron chi connectivity index (χ1n) is 18.7. The minimum atomic E-state index is 0.905. The van der Waals surface area contributed by atoms with Crippen LogP contribution >= 0.6 is 11.3 Å². The van der Waals surface area contributed by atoms with Gasteiger partial charge in [-0.1, -0.05) is 146 Å². The zero-order chi connectivity index (χ0) is 36.3. The van der Waals surface area contributed by atoms with E-state index < -0.39 is 0 Å². The van der Waals surface area contributed by atoms with Crippen LogP contribution < -0.4 is 4.90 Å². The van der Waals surface area contributed by atoms with Gasteiger partial charge >= 0.3 is 0 Å². The van der Waals surface area contributed by atoms with Gasteiger partial charge in [0.2, 0.25) is 0 Å². The molecule has 2 heterocycles. The monoisotopic (exact) mass is 719 g/mol. The second kappa shape index (κ2) is 12.9. The molecule has 11 aromatic rings. The normalized spacial score (nSPS) is 11.6. The molecule has 11 rings (SSSR count). The van der Waals surface area contributed by atoms with Gasteiger partial charge in [-0.25, -0.2) is 0 Å². The highest BCUT2D eigenvalue weighted by molar-refractivity contribution is 7.27. The number of para-hydroxylation sites is 1. The Hall–Kier alpha value is -6.94. The zero-order valence-corrected chi connectivity index (χ0v) is 30.6. The quantitative estimate of drug-likeness (QED) is 0.170. The Bertz CT molecular complexity index is 3190. The highest BCUT2D eigenvalue weighted by atomic mass is 32.1. The van der Waals surface area contributed by atoms with Crippen LogP contribution in [0.2, 0.25) is 0 Å². The Morgan fingerprint density at radius 3 is 1.71 bits per heavy atom. The van der Waals surface area contributed by atoms with Gasteiger partial charge < -0.3 is 9.32 Å². The molecule has 0 aliphatic heterocycles. The molecule has 0 radical (unpaired) electrons. The number of thiophene rings is 1. The molecule has 258 valence electrons. The average molecular weight is 720 g/mol. The summed E-state index contributed by atoms with van der Waals surface area (Å²) in [6, 6.07) is 72.2. The maximum atomic E-state index is 6.25. The van der Waals surface area contributed by atoms with Crippen molar-refractivity contribution in [2.75, 3.05) is 4.90 Å². The summed E-state index contributed by atoms with van der Waals surface area (Å²) in [4.78, 5) is 2.41. The van der Waals surface area contributed by atoms with Gasteiger partial charge in [-0.3, -0.25) is 0 Å². The maximum absolute atomic E-state index is 6.25. The highest BCUT2D eigenvalue weighted by Gasteiger charge is 2.20.